The van der Waals surface area contributed by atoms with Crippen LogP contribution in [-0.4, -0.2) is 44.8 Å². The summed E-state index contributed by atoms with van der Waals surface area (Å²) in [4.78, 5) is 21.4. The van der Waals surface area contributed by atoms with Crippen molar-refractivity contribution in [3.05, 3.63) is 34.4 Å². The second kappa shape index (κ2) is 8.60. The van der Waals surface area contributed by atoms with E-state index >= 15 is 0 Å². The van der Waals surface area contributed by atoms with Crippen LogP contribution >= 0.6 is 12.4 Å². The fourth-order valence-electron chi connectivity index (χ4n) is 3.33. The average molecular weight is 379 g/mol. The summed E-state index contributed by atoms with van der Waals surface area (Å²) in [5.74, 6) is 0.613. The molecule has 1 saturated heterocycles. The van der Waals surface area contributed by atoms with Gasteiger partial charge in [0.25, 0.3) is 5.95 Å². The van der Waals surface area contributed by atoms with Crippen molar-refractivity contribution in [2.24, 2.45) is 0 Å². The quantitative estimate of drug-likeness (QED) is 0.846. The van der Waals surface area contributed by atoms with E-state index in [1.54, 1.807) is 4.68 Å². The molecule has 26 heavy (non-hydrogen) atoms. The number of piperidine rings is 1. The molecule has 0 saturated carbocycles. The summed E-state index contributed by atoms with van der Waals surface area (Å²) in [5.41, 5.74) is 4.53. The number of nitrogens with one attached hydrogen (secondary N) is 2. The fourth-order valence-corrected chi connectivity index (χ4v) is 3.33. The zero-order valence-corrected chi connectivity index (χ0v) is 16.6. The van der Waals surface area contributed by atoms with Crippen LogP contribution in [0.25, 0.3) is 5.95 Å². The predicted molar refractivity (Wildman–Crippen MR) is 103 cm³/mol. The molecule has 0 radical (unpaired) electrons. The van der Waals surface area contributed by atoms with E-state index in [9.17, 15) is 4.79 Å². The lowest BCUT2D eigenvalue weighted by Crippen LogP contribution is -2.43. The van der Waals surface area contributed by atoms with Crippen LogP contribution in [-0.2, 0) is 11.2 Å². The van der Waals surface area contributed by atoms with Crippen molar-refractivity contribution in [1.82, 2.24) is 30.4 Å². The number of hydrogen-bond donors (Lipinski definition) is 2. The first kappa shape index (κ1) is 20.3. The lowest BCUT2D eigenvalue weighted by atomic mass is 10.1. The van der Waals surface area contributed by atoms with Crippen LogP contribution in [0.3, 0.4) is 0 Å². The molecule has 1 fully saturated rings. The van der Waals surface area contributed by atoms with Gasteiger partial charge in [0.05, 0.1) is 12.1 Å². The molecule has 3 heterocycles. The second-order valence-electron chi connectivity index (χ2n) is 6.78. The molecule has 1 amide bonds. The summed E-state index contributed by atoms with van der Waals surface area (Å²) < 4.78 is 1.74. The van der Waals surface area contributed by atoms with Crippen LogP contribution in [0.1, 0.15) is 41.2 Å². The highest BCUT2D eigenvalue weighted by atomic mass is 35.5. The molecule has 0 spiro atoms. The molecule has 0 unspecified atom stereocenters. The number of carbonyl (C=O) groups excluding carboxylic acids is 1. The van der Waals surface area contributed by atoms with Gasteiger partial charge in [-0.1, -0.05) is 0 Å². The Hall–Kier alpha value is -1.99. The zero-order chi connectivity index (χ0) is 18.0. The molecule has 1 aliphatic heterocycles. The maximum Gasteiger partial charge on any atom is 0.251 e. The molecule has 1 aliphatic rings. The Kier molecular flexibility index (Phi) is 6.72. The molecule has 0 atom stereocenters. The van der Waals surface area contributed by atoms with E-state index in [4.69, 9.17) is 0 Å². The topological polar surface area (TPSA) is 84.7 Å². The van der Waals surface area contributed by atoms with Gasteiger partial charge in [0, 0.05) is 28.7 Å². The molecule has 0 aliphatic carbocycles. The lowest BCUT2D eigenvalue weighted by molar-refractivity contribution is -0.121. The highest BCUT2D eigenvalue weighted by molar-refractivity contribution is 5.85. The summed E-state index contributed by atoms with van der Waals surface area (Å²) >= 11 is 0. The number of rotatable bonds is 4. The van der Waals surface area contributed by atoms with Crippen molar-refractivity contribution in [1.29, 1.82) is 0 Å². The van der Waals surface area contributed by atoms with Crippen molar-refractivity contribution in [2.45, 2.75) is 53.0 Å². The summed E-state index contributed by atoms with van der Waals surface area (Å²) in [6.07, 6.45) is 2.31. The van der Waals surface area contributed by atoms with Gasteiger partial charge < -0.3 is 10.6 Å². The van der Waals surface area contributed by atoms with Gasteiger partial charge in [0.15, 0.2) is 0 Å². The minimum atomic E-state index is 0. The van der Waals surface area contributed by atoms with E-state index in [-0.39, 0.29) is 24.4 Å². The van der Waals surface area contributed by atoms with Crippen molar-refractivity contribution < 1.29 is 4.79 Å². The van der Waals surface area contributed by atoms with Crippen LogP contribution in [0, 0.1) is 27.7 Å². The molecular formula is C18H27ClN6O. The normalized spacial score (nSPS) is 14.8. The minimum Gasteiger partial charge on any atom is -0.353 e. The largest absolute Gasteiger partial charge is 0.353 e. The van der Waals surface area contributed by atoms with Crippen LogP contribution in [0.2, 0.25) is 0 Å². The Bertz CT molecular complexity index is 762. The number of halogens is 1. The van der Waals surface area contributed by atoms with E-state index < -0.39 is 0 Å². The molecule has 0 aromatic carbocycles. The lowest BCUT2D eigenvalue weighted by Gasteiger charge is -2.23. The maximum absolute atomic E-state index is 12.4. The van der Waals surface area contributed by atoms with Crippen molar-refractivity contribution >= 4 is 18.3 Å². The number of hydrogen-bond acceptors (Lipinski definition) is 5. The third-order valence-corrected chi connectivity index (χ3v) is 4.64. The number of carbonyl (C=O) groups is 1. The van der Waals surface area contributed by atoms with Gasteiger partial charge in [-0.25, -0.2) is 14.6 Å². The Morgan fingerprint density at radius 2 is 1.81 bits per heavy atom. The summed E-state index contributed by atoms with van der Waals surface area (Å²) in [6, 6.07) is 2.20. The van der Waals surface area contributed by atoms with Crippen molar-refractivity contribution in [3.63, 3.8) is 0 Å². The number of aryl methyl sites for hydroxylation is 3. The van der Waals surface area contributed by atoms with Crippen molar-refractivity contribution in [3.8, 4) is 5.95 Å². The third-order valence-electron chi connectivity index (χ3n) is 4.64. The highest BCUT2D eigenvalue weighted by Gasteiger charge is 2.20. The van der Waals surface area contributed by atoms with E-state index in [0.29, 0.717) is 12.4 Å². The fraction of sp³-hybridized carbons (Fsp3) is 0.556. The van der Waals surface area contributed by atoms with Gasteiger partial charge >= 0.3 is 0 Å². The van der Waals surface area contributed by atoms with Gasteiger partial charge in [0.1, 0.15) is 0 Å². The van der Waals surface area contributed by atoms with E-state index in [1.807, 2.05) is 33.8 Å². The van der Waals surface area contributed by atoms with Crippen LogP contribution in [0.4, 0.5) is 0 Å². The molecule has 142 valence electrons. The van der Waals surface area contributed by atoms with Gasteiger partial charge in [-0.15, -0.1) is 12.4 Å². The van der Waals surface area contributed by atoms with Gasteiger partial charge in [0.2, 0.25) is 5.91 Å². The van der Waals surface area contributed by atoms with Gasteiger partial charge in [-0.05, 0) is 59.7 Å². The average Bonchev–Trinajstić information content (AvgIpc) is 2.83. The molecule has 0 bridgehead atoms. The molecule has 2 aromatic rings. The van der Waals surface area contributed by atoms with E-state index in [1.165, 1.54) is 0 Å². The molecular weight excluding hydrogens is 352 g/mol. The monoisotopic (exact) mass is 378 g/mol. The minimum absolute atomic E-state index is 0. The first-order valence-corrected chi connectivity index (χ1v) is 8.82. The summed E-state index contributed by atoms with van der Waals surface area (Å²) in [7, 11) is 0. The number of amides is 1. The van der Waals surface area contributed by atoms with E-state index in [0.717, 1.165) is 54.3 Å². The first-order valence-electron chi connectivity index (χ1n) is 8.82. The summed E-state index contributed by atoms with van der Waals surface area (Å²) in [6.45, 7) is 9.71. The predicted octanol–water partition coefficient (Wildman–Crippen LogP) is 1.73. The van der Waals surface area contributed by atoms with Crippen LogP contribution < -0.4 is 10.6 Å². The molecule has 2 N–H and O–H groups in total. The Labute approximate surface area is 160 Å². The SMILES string of the molecule is Cc1cc(C)nc(-n2nc(C)c(CC(=O)NC3CCNCC3)c2C)n1.Cl. The Morgan fingerprint density at radius 1 is 1.19 bits per heavy atom. The Balaban J connectivity index is 0.00000243. The molecule has 3 rings (SSSR count). The van der Waals surface area contributed by atoms with Crippen LogP contribution in [0.15, 0.2) is 6.07 Å². The zero-order valence-electron chi connectivity index (χ0n) is 15.8. The smallest absolute Gasteiger partial charge is 0.251 e. The maximum atomic E-state index is 12.4. The first-order chi connectivity index (χ1) is 11.9. The Morgan fingerprint density at radius 3 is 2.42 bits per heavy atom. The van der Waals surface area contributed by atoms with E-state index in [2.05, 4.69) is 25.7 Å². The number of aromatic nitrogens is 4. The second-order valence-corrected chi connectivity index (χ2v) is 6.78. The van der Waals surface area contributed by atoms with Gasteiger partial charge in [-0.3, -0.25) is 4.79 Å². The third kappa shape index (κ3) is 4.59. The summed E-state index contributed by atoms with van der Waals surface area (Å²) in [5, 5.41) is 11.0. The molecule has 8 heteroatoms. The molecule has 2 aromatic heterocycles. The van der Waals surface area contributed by atoms with Crippen molar-refractivity contribution in [2.75, 3.05) is 13.1 Å². The van der Waals surface area contributed by atoms with Gasteiger partial charge in [-0.2, -0.15) is 5.10 Å². The standard InChI is InChI=1S/C18H26N6O.ClH/c1-11-9-12(2)21-18(20-11)24-14(4)16(13(3)23-24)10-17(25)22-15-5-7-19-8-6-15;/h9,15,19H,5-8,10H2,1-4H3,(H,22,25);1H. The van der Waals surface area contributed by atoms with Crippen LogP contribution in [0.5, 0.6) is 0 Å². The number of nitrogens with zero attached hydrogens (tertiary/aromatic N) is 4. The highest BCUT2D eigenvalue weighted by Crippen LogP contribution is 2.17. The molecule has 7 nitrogen and oxygen atoms in total.